The molecule has 2 aromatic rings. The fourth-order valence-corrected chi connectivity index (χ4v) is 4.39. The number of rotatable bonds is 6. The number of carbonyl (C=O) groups is 3. The van der Waals surface area contributed by atoms with Gasteiger partial charge in [-0.15, -0.1) is 0 Å². The third kappa shape index (κ3) is 4.09. The highest BCUT2D eigenvalue weighted by atomic mass is 16.2. The SMILES string of the molecule is Cc1nccn1Cc1cccc(CNC(=O)CN2C(=O)C3CCCCC3C2=O)c1. The summed E-state index contributed by atoms with van der Waals surface area (Å²) >= 11 is 0. The average molecular weight is 394 g/mol. The fourth-order valence-electron chi connectivity index (χ4n) is 4.39. The van der Waals surface area contributed by atoms with Crippen molar-refractivity contribution in [1.29, 1.82) is 0 Å². The van der Waals surface area contributed by atoms with Crippen LogP contribution in [-0.2, 0) is 27.5 Å². The van der Waals surface area contributed by atoms with Crippen molar-refractivity contribution in [2.75, 3.05) is 6.54 Å². The van der Waals surface area contributed by atoms with Crippen LogP contribution < -0.4 is 5.32 Å². The first kappa shape index (κ1) is 19.4. The van der Waals surface area contributed by atoms with Crippen LogP contribution in [-0.4, -0.2) is 38.7 Å². The molecule has 1 aliphatic carbocycles. The maximum Gasteiger partial charge on any atom is 0.240 e. The van der Waals surface area contributed by atoms with E-state index in [1.165, 1.54) is 0 Å². The molecule has 7 nitrogen and oxygen atoms in total. The second-order valence-corrected chi connectivity index (χ2v) is 7.96. The van der Waals surface area contributed by atoms with Crippen LogP contribution >= 0.6 is 0 Å². The van der Waals surface area contributed by atoms with E-state index >= 15 is 0 Å². The molecule has 1 aromatic carbocycles. The van der Waals surface area contributed by atoms with Gasteiger partial charge in [0.05, 0.1) is 11.8 Å². The smallest absolute Gasteiger partial charge is 0.240 e. The van der Waals surface area contributed by atoms with Gasteiger partial charge in [-0.2, -0.15) is 0 Å². The standard InChI is InChI=1S/C22H26N4O3/c1-15-23-9-10-25(15)13-17-6-4-5-16(11-17)12-24-20(27)14-26-21(28)18-7-2-3-8-19(18)22(26)29/h4-6,9-11,18-19H,2-3,7-8,12-14H2,1H3,(H,24,27). The molecule has 2 heterocycles. The number of hydrogen-bond donors (Lipinski definition) is 1. The van der Waals surface area contributed by atoms with Gasteiger partial charge in [-0.05, 0) is 30.9 Å². The molecule has 1 aromatic heterocycles. The van der Waals surface area contributed by atoms with E-state index in [2.05, 4.69) is 14.9 Å². The number of benzene rings is 1. The average Bonchev–Trinajstić information content (AvgIpc) is 3.23. The van der Waals surface area contributed by atoms with Crippen molar-refractivity contribution >= 4 is 17.7 Å². The zero-order valence-electron chi connectivity index (χ0n) is 16.6. The van der Waals surface area contributed by atoms with Gasteiger partial charge in [0.2, 0.25) is 17.7 Å². The van der Waals surface area contributed by atoms with E-state index in [1.807, 2.05) is 37.4 Å². The molecule has 4 rings (SSSR count). The topological polar surface area (TPSA) is 84.3 Å². The summed E-state index contributed by atoms with van der Waals surface area (Å²) in [6, 6.07) is 7.99. The molecule has 2 atom stereocenters. The molecule has 2 aliphatic rings. The minimum atomic E-state index is -0.304. The molecule has 7 heteroatoms. The zero-order valence-corrected chi connectivity index (χ0v) is 16.6. The minimum Gasteiger partial charge on any atom is -0.350 e. The number of carbonyl (C=O) groups excluding carboxylic acids is 3. The van der Waals surface area contributed by atoms with Crippen LogP contribution in [0.15, 0.2) is 36.7 Å². The molecule has 0 radical (unpaired) electrons. The van der Waals surface area contributed by atoms with Crippen LogP contribution in [0.25, 0.3) is 0 Å². The summed E-state index contributed by atoms with van der Waals surface area (Å²) in [6.45, 7) is 2.85. The van der Waals surface area contributed by atoms with E-state index in [1.54, 1.807) is 6.20 Å². The number of fused-ring (bicyclic) bond motifs is 1. The van der Waals surface area contributed by atoms with Crippen molar-refractivity contribution < 1.29 is 14.4 Å². The quantitative estimate of drug-likeness (QED) is 0.760. The molecule has 0 bridgehead atoms. The molecule has 2 unspecified atom stereocenters. The molecule has 152 valence electrons. The molecular weight excluding hydrogens is 368 g/mol. The number of aryl methyl sites for hydroxylation is 1. The Hall–Kier alpha value is -2.96. The molecule has 2 fully saturated rings. The van der Waals surface area contributed by atoms with Gasteiger partial charge in [0, 0.05) is 25.5 Å². The summed E-state index contributed by atoms with van der Waals surface area (Å²) in [6.07, 6.45) is 7.19. The maximum atomic E-state index is 12.5. The van der Waals surface area contributed by atoms with Gasteiger partial charge >= 0.3 is 0 Å². The summed E-state index contributed by atoms with van der Waals surface area (Å²) in [5.74, 6) is -0.134. The van der Waals surface area contributed by atoms with Crippen molar-refractivity contribution in [2.45, 2.75) is 45.7 Å². The Morgan fingerprint density at radius 2 is 1.83 bits per heavy atom. The number of nitrogens with zero attached hydrogens (tertiary/aromatic N) is 3. The molecule has 1 N–H and O–H groups in total. The Bertz CT molecular complexity index is 912. The lowest BCUT2D eigenvalue weighted by atomic mass is 9.81. The summed E-state index contributed by atoms with van der Waals surface area (Å²) in [5, 5.41) is 2.84. The van der Waals surface area contributed by atoms with Crippen molar-refractivity contribution in [1.82, 2.24) is 19.8 Å². The monoisotopic (exact) mass is 394 g/mol. The summed E-state index contributed by atoms with van der Waals surface area (Å²) < 4.78 is 2.06. The van der Waals surface area contributed by atoms with Crippen LogP contribution in [0.4, 0.5) is 0 Å². The maximum absolute atomic E-state index is 12.5. The second kappa shape index (κ2) is 8.19. The normalized spacial score (nSPS) is 21.3. The first-order valence-corrected chi connectivity index (χ1v) is 10.2. The highest BCUT2D eigenvalue weighted by Crippen LogP contribution is 2.37. The molecular formula is C22H26N4O3. The molecule has 0 spiro atoms. The highest BCUT2D eigenvalue weighted by molar-refractivity contribution is 6.07. The van der Waals surface area contributed by atoms with Crippen LogP contribution in [0.3, 0.4) is 0 Å². The van der Waals surface area contributed by atoms with Gasteiger partial charge < -0.3 is 9.88 Å². The Kier molecular flexibility index (Phi) is 5.47. The van der Waals surface area contributed by atoms with E-state index < -0.39 is 0 Å². The third-order valence-electron chi connectivity index (χ3n) is 5.99. The Labute approximate surface area is 170 Å². The van der Waals surface area contributed by atoms with Gasteiger partial charge in [0.1, 0.15) is 12.4 Å². The summed E-state index contributed by atoms with van der Waals surface area (Å²) in [4.78, 5) is 42.8. The summed E-state index contributed by atoms with van der Waals surface area (Å²) in [7, 11) is 0. The summed E-state index contributed by atoms with van der Waals surface area (Å²) in [5.41, 5.74) is 2.09. The predicted octanol–water partition coefficient (Wildman–Crippen LogP) is 2.03. The lowest BCUT2D eigenvalue weighted by Gasteiger charge is -2.19. The number of imidazole rings is 1. The number of aromatic nitrogens is 2. The Balaban J connectivity index is 1.33. The first-order valence-electron chi connectivity index (χ1n) is 10.2. The minimum absolute atomic E-state index is 0.174. The van der Waals surface area contributed by atoms with Crippen LogP contribution in [0, 0.1) is 18.8 Å². The van der Waals surface area contributed by atoms with Crippen LogP contribution in [0.5, 0.6) is 0 Å². The molecule has 29 heavy (non-hydrogen) atoms. The molecule has 1 saturated heterocycles. The zero-order chi connectivity index (χ0) is 20.4. The van der Waals surface area contributed by atoms with Gasteiger partial charge in [-0.3, -0.25) is 19.3 Å². The highest BCUT2D eigenvalue weighted by Gasteiger charge is 2.48. The van der Waals surface area contributed by atoms with Crippen LogP contribution in [0.2, 0.25) is 0 Å². The number of nitrogens with one attached hydrogen (secondary N) is 1. The Morgan fingerprint density at radius 1 is 1.14 bits per heavy atom. The van der Waals surface area contributed by atoms with Crippen molar-refractivity contribution in [3.63, 3.8) is 0 Å². The number of likely N-dealkylation sites (tertiary alicyclic amines) is 1. The van der Waals surface area contributed by atoms with Gasteiger partial charge in [0.15, 0.2) is 0 Å². The van der Waals surface area contributed by atoms with Gasteiger partial charge in [0.25, 0.3) is 0 Å². The first-order chi connectivity index (χ1) is 14.0. The van der Waals surface area contributed by atoms with E-state index in [0.717, 1.165) is 47.5 Å². The van der Waals surface area contributed by atoms with E-state index in [4.69, 9.17) is 0 Å². The molecule has 1 saturated carbocycles. The second-order valence-electron chi connectivity index (χ2n) is 7.96. The molecule has 3 amide bonds. The van der Waals surface area contributed by atoms with Crippen molar-refractivity contribution in [3.05, 3.63) is 53.6 Å². The number of imide groups is 1. The lowest BCUT2D eigenvalue weighted by molar-refractivity contribution is -0.143. The van der Waals surface area contributed by atoms with E-state index in [9.17, 15) is 14.4 Å². The predicted molar refractivity (Wildman–Crippen MR) is 107 cm³/mol. The van der Waals surface area contributed by atoms with E-state index in [-0.39, 0.29) is 36.1 Å². The number of amides is 3. The third-order valence-corrected chi connectivity index (χ3v) is 5.99. The molecule has 1 aliphatic heterocycles. The van der Waals surface area contributed by atoms with E-state index in [0.29, 0.717) is 13.1 Å². The Morgan fingerprint density at radius 3 is 2.48 bits per heavy atom. The van der Waals surface area contributed by atoms with Gasteiger partial charge in [-0.1, -0.05) is 37.1 Å². The lowest BCUT2D eigenvalue weighted by Crippen LogP contribution is -2.40. The van der Waals surface area contributed by atoms with Gasteiger partial charge in [-0.25, -0.2) is 4.98 Å². The number of hydrogen-bond acceptors (Lipinski definition) is 4. The fraction of sp³-hybridized carbons (Fsp3) is 0.455. The van der Waals surface area contributed by atoms with Crippen molar-refractivity contribution in [2.24, 2.45) is 11.8 Å². The largest absolute Gasteiger partial charge is 0.350 e. The van der Waals surface area contributed by atoms with Crippen molar-refractivity contribution in [3.8, 4) is 0 Å². The van der Waals surface area contributed by atoms with Crippen LogP contribution in [0.1, 0.15) is 42.6 Å².